The molecule has 0 saturated heterocycles. The molecule has 9 heterocycles. The van der Waals surface area contributed by atoms with Crippen molar-refractivity contribution in [3.63, 3.8) is 0 Å². The maximum atomic E-state index is 11.9. The van der Waals surface area contributed by atoms with E-state index < -0.39 is 12.2 Å². The highest BCUT2D eigenvalue weighted by molar-refractivity contribution is 6.00. The Morgan fingerprint density at radius 3 is 1.14 bits per heavy atom. The van der Waals surface area contributed by atoms with Crippen LogP contribution in [0.4, 0.5) is 32.2 Å². The summed E-state index contributed by atoms with van der Waals surface area (Å²) < 4.78 is 0. The number of carbonyl (C=O) groups excluding carboxylic acids is 3. The van der Waals surface area contributed by atoms with E-state index in [4.69, 9.17) is 0 Å². The van der Waals surface area contributed by atoms with Gasteiger partial charge in [0.15, 0.2) is 17.5 Å². The third-order valence-electron chi connectivity index (χ3n) is 15.1. The quantitative estimate of drug-likeness (QED) is 0.0380. The first-order valence-corrected chi connectivity index (χ1v) is 31.1. The normalized spacial score (nSPS) is 12.5. The van der Waals surface area contributed by atoms with Gasteiger partial charge >= 0.3 is 18.1 Å². The van der Waals surface area contributed by atoms with Crippen LogP contribution < -0.4 is 31.9 Å². The standard InChI is InChI=1S/C23H23N7O2.C23H25N7O2.C22H23N7O/c1-2-24-23(32)30-22-28-18-11-15(10-16(19(18)29-22)21-25-8-3-9-26-21)14-6-7-17(27-12-14)20(31)13-4-5-13;1-4-24-23(32)30-22-28-18-11-15(14-6-7-17(27-12-14)20(31)13(2)3)10-16(19(18)29-22)21-25-8-5-9-26-21;1-3-6-16-8-7-14(13-26-16)15-11-17(20-24-9-5-10-25-20)19-18(12-15)27-21(28-19)29-22(30)23-4-2/h3,6-13,20,31H,2,4-5H2,1H3,(H3,24,28,29,30,32);5-13,20,31H,4H2,1-3H3,(H3,24,28,29,30,32);5,7-13H,3-4,6H2,1-2H3,(H3,23,27,28,29,30). The van der Waals surface area contributed by atoms with Gasteiger partial charge in [-0.05, 0) is 141 Å². The third-order valence-corrected chi connectivity index (χ3v) is 15.1. The van der Waals surface area contributed by atoms with E-state index in [1.54, 1.807) is 67.8 Å². The number of imidazole rings is 3. The van der Waals surface area contributed by atoms with Gasteiger partial charge in [0, 0.05) is 114 Å². The predicted octanol–water partition coefficient (Wildman–Crippen LogP) is 11.8. The van der Waals surface area contributed by atoms with Crippen LogP contribution in [0.3, 0.4) is 0 Å². The lowest BCUT2D eigenvalue weighted by atomic mass is 10.00. The highest BCUT2D eigenvalue weighted by Crippen LogP contribution is 2.41. The van der Waals surface area contributed by atoms with Crippen LogP contribution in [-0.4, -0.2) is 123 Å². The Hall–Kier alpha value is -11.5. The minimum atomic E-state index is -0.615. The number of aliphatic hydroxyl groups is 2. The number of anilines is 3. The van der Waals surface area contributed by atoms with Crippen LogP contribution in [0.15, 0.2) is 147 Å². The summed E-state index contributed by atoms with van der Waals surface area (Å²) in [5, 5.41) is 36.8. The molecular weight excluding hydrogens is 1190 g/mol. The van der Waals surface area contributed by atoms with Gasteiger partial charge in [0.25, 0.3) is 0 Å². The van der Waals surface area contributed by atoms with Gasteiger partial charge in [0.1, 0.15) is 16.6 Å². The van der Waals surface area contributed by atoms with Crippen LogP contribution in [0.5, 0.6) is 0 Å². The van der Waals surface area contributed by atoms with Crippen LogP contribution in [-0.2, 0) is 6.42 Å². The molecule has 12 aromatic rings. The fourth-order valence-electron chi connectivity index (χ4n) is 10.3. The van der Waals surface area contributed by atoms with Crippen molar-refractivity contribution < 1.29 is 24.6 Å². The summed E-state index contributed by atoms with van der Waals surface area (Å²) in [7, 11) is 0. The maximum absolute atomic E-state index is 11.9. The van der Waals surface area contributed by atoms with Crippen LogP contribution in [0.1, 0.15) is 90.1 Å². The molecule has 0 bridgehead atoms. The number of benzene rings is 3. The molecule has 26 nitrogen and oxygen atoms in total. The van der Waals surface area contributed by atoms with E-state index in [2.05, 4.69) is 126 Å². The van der Waals surface area contributed by atoms with Gasteiger partial charge in [-0.1, -0.05) is 45.4 Å². The minimum Gasteiger partial charge on any atom is -0.387 e. The van der Waals surface area contributed by atoms with E-state index in [0.717, 1.165) is 98.0 Å². The van der Waals surface area contributed by atoms with Crippen LogP contribution in [0.25, 0.3) is 101 Å². The summed E-state index contributed by atoms with van der Waals surface area (Å²) in [5.74, 6) is 3.05. The lowest BCUT2D eigenvalue weighted by Gasteiger charge is -2.14. The zero-order valence-electron chi connectivity index (χ0n) is 52.6. The number of aliphatic hydroxyl groups excluding tert-OH is 2. The van der Waals surface area contributed by atoms with Gasteiger partial charge in [-0.15, -0.1) is 0 Å². The second-order valence-corrected chi connectivity index (χ2v) is 22.4. The van der Waals surface area contributed by atoms with Gasteiger partial charge in [-0.2, -0.15) is 0 Å². The van der Waals surface area contributed by atoms with E-state index in [0.29, 0.717) is 88.8 Å². The number of nitrogens with zero attached hydrogens (tertiary/aromatic N) is 12. The number of fused-ring (bicyclic) bond motifs is 3. The molecule has 13 rings (SSSR count). The summed E-state index contributed by atoms with van der Waals surface area (Å²) in [6.07, 6.45) is 18.5. The Bertz CT molecular complexity index is 4360. The van der Waals surface area contributed by atoms with Crippen molar-refractivity contribution in [2.24, 2.45) is 11.8 Å². The molecule has 2 atom stereocenters. The molecule has 0 radical (unpaired) electrons. The fraction of sp³-hybridized carbons (Fsp3) is 0.250. The van der Waals surface area contributed by atoms with E-state index in [1.165, 1.54) is 0 Å². The Kier molecular flexibility index (Phi) is 20.2. The topological polar surface area (TPSA) is 366 Å². The Labute approximate surface area is 540 Å². The summed E-state index contributed by atoms with van der Waals surface area (Å²) in [6.45, 7) is 13.1. The second kappa shape index (κ2) is 29.6. The van der Waals surface area contributed by atoms with Crippen molar-refractivity contribution in [2.75, 3.05) is 35.6 Å². The van der Waals surface area contributed by atoms with Crippen LogP contribution in [0.2, 0.25) is 0 Å². The first kappa shape index (κ1) is 64.0. The van der Waals surface area contributed by atoms with Gasteiger partial charge in [-0.25, -0.2) is 59.2 Å². The molecule has 1 fully saturated rings. The number of amides is 6. The smallest absolute Gasteiger partial charge is 0.321 e. The SMILES string of the molecule is CCCc1ccc(-c2cc(-c3ncccn3)c3nc(NC(=O)NCC)[nH]c3c2)cn1.CCNC(=O)Nc1nc2c(-c3ncccn3)cc(-c3ccc(C(O)C(C)C)nc3)cc2[nH]1.CCNC(=O)Nc1nc2c(-c3ncccn3)cc(-c3ccc(C(O)C4CC4)nc3)cc2[nH]1. The Morgan fingerprint density at radius 2 is 0.830 bits per heavy atom. The number of aromatic nitrogens is 15. The minimum absolute atomic E-state index is 0.0763. The monoisotopic (exact) mass is 1260 g/mol. The number of carbonyl (C=O) groups is 3. The van der Waals surface area contributed by atoms with Crippen LogP contribution >= 0.6 is 0 Å². The zero-order chi connectivity index (χ0) is 65.7. The molecule has 11 N–H and O–H groups in total. The van der Waals surface area contributed by atoms with Gasteiger partial charge in [0.2, 0.25) is 17.8 Å². The third kappa shape index (κ3) is 15.4. The Balaban J connectivity index is 0.000000144. The molecule has 478 valence electrons. The lowest BCUT2D eigenvalue weighted by molar-refractivity contribution is 0.122. The molecule has 0 spiro atoms. The summed E-state index contributed by atoms with van der Waals surface area (Å²) in [5.41, 5.74) is 14.4. The molecule has 1 aliphatic rings. The molecule has 1 saturated carbocycles. The first-order chi connectivity index (χ1) is 45.7. The largest absolute Gasteiger partial charge is 0.387 e. The number of H-pyrrole nitrogens is 3. The molecule has 26 heteroatoms. The highest BCUT2D eigenvalue weighted by atomic mass is 16.3. The molecular formula is C68H71N21O5. The van der Waals surface area contributed by atoms with E-state index in [1.807, 2.05) is 101 Å². The summed E-state index contributed by atoms with van der Waals surface area (Å²) in [6, 6.07) is 27.8. The van der Waals surface area contributed by atoms with E-state index >= 15 is 0 Å². The average molecular weight is 1260 g/mol. The molecule has 2 unspecified atom stereocenters. The number of rotatable bonds is 18. The van der Waals surface area contributed by atoms with Crippen molar-refractivity contribution >= 4 is 69.0 Å². The number of hydrogen-bond donors (Lipinski definition) is 11. The number of aryl methyl sites for hydroxylation is 1. The Morgan fingerprint density at radius 1 is 0.468 bits per heavy atom. The highest BCUT2D eigenvalue weighted by Gasteiger charge is 2.31. The van der Waals surface area contributed by atoms with Crippen molar-refractivity contribution in [3.05, 3.63) is 164 Å². The molecule has 1 aliphatic carbocycles. The number of aromatic amines is 3. The van der Waals surface area contributed by atoms with E-state index in [9.17, 15) is 24.6 Å². The molecule has 6 amide bonds. The average Bonchev–Trinajstić information content (AvgIpc) is 1.63. The number of hydrogen-bond acceptors (Lipinski definition) is 17. The van der Waals surface area contributed by atoms with Crippen molar-refractivity contribution in [2.45, 2.75) is 79.4 Å². The van der Waals surface area contributed by atoms with Crippen molar-refractivity contribution in [3.8, 4) is 67.5 Å². The zero-order valence-corrected chi connectivity index (χ0v) is 52.6. The maximum Gasteiger partial charge on any atom is 0.321 e. The molecule has 3 aromatic carbocycles. The fourth-order valence-corrected chi connectivity index (χ4v) is 10.3. The number of pyridine rings is 3. The molecule has 94 heavy (non-hydrogen) atoms. The predicted molar refractivity (Wildman–Crippen MR) is 361 cm³/mol. The number of urea groups is 3. The first-order valence-electron chi connectivity index (χ1n) is 31.1. The molecule has 0 aliphatic heterocycles. The van der Waals surface area contributed by atoms with Crippen LogP contribution in [0, 0.1) is 11.8 Å². The van der Waals surface area contributed by atoms with Gasteiger partial charge in [-0.3, -0.25) is 30.9 Å². The van der Waals surface area contributed by atoms with Crippen molar-refractivity contribution in [1.82, 2.24) is 90.7 Å². The van der Waals surface area contributed by atoms with Gasteiger partial charge < -0.3 is 41.1 Å². The summed E-state index contributed by atoms with van der Waals surface area (Å²) >= 11 is 0. The molecule has 9 aromatic heterocycles. The van der Waals surface area contributed by atoms with E-state index in [-0.39, 0.29) is 24.0 Å². The van der Waals surface area contributed by atoms with Crippen molar-refractivity contribution in [1.29, 1.82) is 0 Å². The second-order valence-electron chi connectivity index (χ2n) is 22.4. The summed E-state index contributed by atoms with van der Waals surface area (Å²) in [4.78, 5) is 98.7. The number of nitrogens with one attached hydrogen (secondary N) is 9. The van der Waals surface area contributed by atoms with Gasteiger partial charge in [0.05, 0.1) is 40.1 Å². The lowest BCUT2D eigenvalue weighted by Crippen LogP contribution is -2.28.